The first-order chi connectivity index (χ1) is 35.3. The fourth-order valence-corrected chi connectivity index (χ4v) is 10.3. The number of aromatic nitrogens is 6. The van der Waals surface area contributed by atoms with Gasteiger partial charge in [-0.15, -0.1) is 22.1 Å². The molecule has 0 unspecified atom stereocenters. The van der Waals surface area contributed by atoms with Crippen LogP contribution in [0.3, 0.4) is 0 Å². The average Bonchev–Trinajstić information content (AvgIpc) is 4.22. The molecule has 0 aliphatic carbocycles. The maximum absolute atomic E-state index is 5.73. The molecular formula is C58H87FeKN8O6+2. The molecule has 2 N–H and O–H groups in total. The third kappa shape index (κ3) is 18.4. The van der Waals surface area contributed by atoms with Crippen LogP contribution in [0, 0.1) is 6.92 Å². The minimum atomic E-state index is 0. The molecule has 0 amide bonds. The van der Waals surface area contributed by atoms with E-state index in [1.807, 2.05) is 6.92 Å². The minimum absolute atomic E-state index is 0. The largest absolute Gasteiger partial charge is 2.00 e. The van der Waals surface area contributed by atoms with Crippen LogP contribution < -0.4 is 76.1 Å². The van der Waals surface area contributed by atoms with E-state index in [4.69, 9.17) is 48.4 Å². The Balaban J connectivity index is 0.000000300. The zero-order valence-corrected chi connectivity index (χ0v) is 51.1. The summed E-state index contributed by atoms with van der Waals surface area (Å²) in [6, 6.07) is 8.98. The second-order valence-corrected chi connectivity index (χ2v) is 18.5. The Hall–Kier alpha value is -2.35. The average molecular weight is 1090 g/mol. The van der Waals surface area contributed by atoms with Gasteiger partial charge in [0.1, 0.15) is 39.3 Å². The molecule has 0 spiro atoms. The second kappa shape index (κ2) is 35.2. The van der Waals surface area contributed by atoms with Gasteiger partial charge in [-0.2, -0.15) is 0 Å². The van der Waals surface area contributed by atoms with Crippen LogP contribution in [0.4, 0.5) is 0 Å². The maximum Gasteiger partial charge on any atom is 2.00 e. The Bertz CT molecular complexity index is 2190. The van der Waals surface area contributed by atoms with E-state index in [2.05, 4.69) is 89.6 Å². The van der Waals surface area contributed by atoms with Crippen LogP contribution >= 0.6 is 0 Å². The number of hydrogen-bond donors (Lipinski definition) is 2. The van der Waals surface area contributed by atoms with E-state index >= 15 is 0 Å². The molecule has 4 aromatic rings. The summed E-state index contributed by atoms with van der Waals surface area (Å²) in [5.74, 6) is 0.843. The molecule has 0 atom stereocenters. The van der Waals surface area contributed by atoms with E-state index in [1.54, 1.807) is 12.4 Å². The van der Waals surface area contributed by atoms with E-state index in [9.17, 15) is 0 Å². The van der Waals surface area contributed by atoms with Gasteiger partial charge in [0.15, 0.2) is 0 Å². The van der Waals surface area contributed by atoms with E-state index < -0.39 is 0 Å². The first kappa shape index (κ1) is 64.2. The van der Waals surface area contributed by atoms with Gasteiger partial charge in [-0.05, 0) is 80.6 Å². The molecule has 5 aliphatic heterocycles. The summed E-state index contributed by atoms with van der Waals surface area (Å²) in [6.07, 6.45) is 11.0. The van der Waals surface area contributed by atoms with Crippen molar-refractivity contribution in [2.75, 3.05) is 119 Å². The number of hydrogen-bond acceptors (Lipinski definition) is 9. The van der Waals surface area contributed by atoms with Gasteiger partial charge >= 0.3 is 68.5 Å². The quantitative estimate of drug-likeness (QED) is 0.250. The van der Waals surface area contributed by atoms with Crippen LogP contribution in [0.5, 0.6) is 0 Å². The SMILES string of the molecule is C1COCC[NH+]2CCOCCOCC[NH+](CCO1)CCOCCOCC2.CCC1=C(CC)c2cc3[n-]c(cc4nc(cc5[n-]c(cc1n2)c(CC)c5CC)C(CC)=C4CC)c(CC)c3CC.Cc1ncc[n-]1.[Fe+2].[K+]. The normalized spacial score (nSPS) is 18.8. The van der Waals surface area contributed by atoms with Crippen LogP contribution in [0.15, 0.2) is 36.7 Å². The summed E-state index contributed by atoms with van der Waals surface area (Å²) in [5.41, 5.74) is 19.1. The molecule has 9 heterocycles. The maximum atomic E-state index is 5.73. The van der Waals surface area contributed by atoms with Gasteiger partial charge in [0.2, 0.25) is 0 Å². The number of aryl methyl sites for hydroxylation is 5. The number of imidazole rings is 1. The van der Waals surface area contributed by atoms with Crippen molar-refractivity contribution in [3.63, 3.8) is 0 Å². The molecule has 10 bridgehead atoms. The van der Waals surface area contributed by atoms with Gasteiger partial charge in [0.25, 0.3) is 0 Å². The number of nitrogens with zero attached hydrogens (tertiary/aromatic N) is 6. The smallest absolute Gasteiger partial charge is 0.657 e. The van der Waals surface area contributed by atoms with Gasteiger partial charge in [-0.1, -0.05) is 120 Å². The summed E-state index contributed by atoms with van der Waals surface area (Å²) in [7, 11) is 0. The van der Waals surface area contributed by atoms with Crippen molar-refractivity contribution in [1.29, 1.82) is 0 Å². The molecule has 3 saturated heterocycles. The molecule has 0 aromatic carbocycles. The molecule has 9 rings (SSSR count). The predicted molar refractivity (Wildman–Crippen MR) is 290 cm³/mol. The molecular weight excluding hydrogens is 1000 g/mol. The van der Waals surface area contributed by atoms with Crippen molar-refractivity contribution >= 4 is 44.4 Å². The molecule has 3 fully saturated rings. The molecule has 402 valence electrons. The fraction of sp³-hybridized carbons (Fsp3) is 0.603. The summed E-state index contributed by atoms with van der Waals surface area (Å²) < 4.78 is 34.4. The van der Waals surface area contributed by atoms with Crippen molar-refractivity contribution in [2.45, 2.75) is 114 Å². The Morgan fingerprint density at radius 3 is 0.838 bits per heavy atom. The monoisotopic (exact) mass is 1090 g/mol. The van der Waals surface area contributed by atoms with Crippen LogP contribution in [-0.2, 0) is 71.2 Å². The molecule has 5 aliphatic rings. The first-order valence-electron chi connectivity index (χ1n) is 27.5. The Morgan fingerprint density at radius 1 is 0.405 bits per heavy atom. The van der Waals surface area contributed by atoms with Gasteiger partial charge < -0.3 is 58.2 Å². The molecule has 0 radical (unpaired) electrons. The molecule has 74 heavy (non-hydrogen) atoms. The van der Waals surface area contributed by atoms with Gasteiger partial charge in [-0.25, -0.2) is 9.97 Å². The first-order valence-corrected chi connectivity index (χ1v) is 27.5. The number of fused-ring (bicyclic) bond motifs is 29. The second-order valence-electron chi connectivity index (χ2n) is 18.5. The van der Waals surface area contributed by atoms with Crippen molar-refractivity contribution in [3.05, 3.63) is 87.5 Å². The van der Waals surface area contributed by atoms with E-state index in [-0.39, 0.29) is 68.5 Å². The standard InChI is InChI=1S/C36H44N4.C18H36N2O6.C4H5N2.Fe.K/c1-9-21-22(10-2)30-18-32-25(13-5)26(14-6)34(39-32)20-36-28(16-8)27(15-7)35(40-36)19-33-24(12-4)23(11-3)31(38-33)17-29(21)37-30;1-7-21-13-14-24-10-4-20-5-11-25-17-15-22-8-2-19(1)3-9-23-16-18-26-12-6-20;1-4-5-2-3-6-4;;/h17-20H,9-16H2,1-8H3;1-18H2;2-3H,1H3;;/q-2;;-1;+2;+1/p+2. The number of quaternary nitrogens is 2. The van der Waals surface area contributed by atoms with E-state index in [0.717, 1.165) is 181 Å². The number of ether oxygens (including phenoxy) is 6. The summed E-state index contributed by atoms with van der Waals surface area (Å²) >= 11 is 0. The minimum Gasteiger partial charge on any atom is -0.657 e. The molecule has 14 nitrogen and oxygen atoms in total. The topological polar surface area (TPSA) is 145 Å². The Morgan fingerprint density at radius 2 is 0.662 bits per heavy atom. The third-order valence-electron chi connectivity index (χ3n) is 14.1. The Labute approximate surface area is 496 Å². The number of nitrogens with one attached hydrogen (secondary N) is 2. The van der Waals surface area contributed by atoms with Crippen molar-refractivity contribution in [3.8, 4) is 0 Å². The zero-order valence-electron chi connectivity index (χ0n) is 46.8. The van der Waals surface area contributed by atoms with E-state index in [1.165, 1.54) is 54.3 Å². The summed E-state index contributed by atoms with van der Waals surface area (Å²) in [4.78, 5) is 31.5. The van der Waals surface area contributed by atoms with Crippen molar-refractivity contribution in [2.24, 2.45) is 0 Å². The predicted octanol–water partition coefficient (Wildman–Crippen LogP) is 3.52. The van der Waals surface area contributed by atoms with Gasteiger partial charge in [0.05, 0.1) is 102 Å². The van der Waals surface area contributed by atoms with Crippen LogP contribution in [0.1, 0.15) is 132 Å². The molecule has 0 saturated carbocycles. The molecule has 16 heteroatoms. The Kier molecular flexibility index (Phi) is 30.5. The van der Waals surface area contributed by atoms with Crippen molar-refractivity contribution in [1.82, 2.24) is 29.9 Å². The molecule has 4 aromatic heterocycles. The van der Waals surface area contributed by atoms with Crippen LogP contribution in [0.2, 0.25) is 0 Å². The number of allylic oxidation sites excluding steroid dienone is 4. The summed E-state index contributed by atoms with van der Waals surface area (Å²) in [5, 5.41) is 0. The van der Waals surface area contributed by atoms with Crippen LogP contribution in [-0.4, -0.2) is 134 Å². The van der Waals surface area contributed by atoms with Gasteiger partial charge in [0, 0.05) is 0 Å². The summed E-state index contributed by atoms with van der Waals surface area (Å²) in [6.45, 7) is 33.9. The fourth-order valence-electron chi connectivity index (χ4n) is 10.3. The number of rotatable bonds is 8. The van der Waals surface area contributed by atoms with Crippen LogP contribution in [0.25, 0.3) is 44.4 Å². The van der Waals surface area contributed by atoms with E-state index in [0.29, 0.717) is 39.6 Å². The van der Waals surface area contributed by atoms with Crippen molar-refractivity contribution < 1.29 is 107 Å². The van der Waals surface area contributed by atoms with Gasteiger partial charge in [-0.3, -0.25) is 0 Å². The third-order valence-corrected chi connectivity index (χ3v) is 14.1. The zero-order chi connectivity index (χ0) is 51.1.